The minimum atomic E-state index is 0.228. The van der Waals surface area contributed by atoms with Crippen molar-refractivity contribution in [2.45, 2.75) is 45.2 Å². The average molecular weight is 461 g/mol. The number of amides is 1. The number of rotatable bonds is 11. The van der Waals surface area contributed by atoms with E-state index in [0.29, 0.717) is 12.5 Å². The summed E-state index contributed by atoms with van der Waals surface area (Å²) in [6.45, 7) is 3.63. The summed E-state index contributed by atoms with van der Waals surface area (Å²) < 4.78 is 5.47. The molecular weight excluding hydrogens is 424 g/mol. The molecule has 1 atom stereocenters. The lowest BCUT2D eigenvalue weighted by Gasteiger charge is -2.25. The summed E-state index contributed by atoms with van der Waals surface area (Å²) in [4.78, 5) is 21.6. The van der Waals surface area contributed by atoms with Crippen LogP contribution in [0.4, 0.5) is 11.4 Å². The van der Waals surface area contributed by atoms with Crippen LogP contribution < -0.4 is 15.0 Å². The Morgan fingerprint density at radius 3 is 2.62 bits per heavy atom. The molecule has 1 aliphatic rings. The van der Waals surface area contributed by atoms with Crippen molar-refractivity contribution < 1.29 is 9.53 Å². The lowest BCUT2D eigenvalue weighted by atomic mass is 10.1. The minimum Gasteiger partial charge on any atom is -0.497 e. The molecule has 4 rings (SSSR count). The zero-order valence-corrected chi connectivity index (χ0v) is 20.8. The number of methoxy groups -OCH3 is 1. The largest absolute Gasteiger partial charge is 0.497 e. The molecule has 0 aliphatic heterocycles. The number of nitrogens with one attached hydrogen (secondary N) is 1. The Labute approximate surface area is 202 Å². The Hall–Kier alpha value is -3.28. The van der Waals surface area contributed by atoms with Crippen molar-refractivity contribution in [1.29, 1.82) is 0 Å². The molecule has 0 saturated heterocycles. The van der Waals surface area contributed by atoms with E-state index in [1.165, 1.54) is 11.3 Å². The molecule has 6 heteroatoms. The fraction of sp³-hybridized carbons (Fsp3) is 0.429. The highest BCUT2D eigenvalue weighted by atomic mass is 16.5. The number of nitrogens with zero attached hydrogens (tertiary/aromatic N) is 3. The molecule has 2 aromatic carbocycles. The number of carbonyl (C=O) groups is 1. The second kappa shape index (κ2) is 10.8. The predicted octanol–water partition coefficient (Wildman–Crippen LogP) is 5.33. The first-order valence-corrected chi connectivity index (χ1v) is 12.2. The molecule has 0 radical (unpaired) electrons. The van der Waals surface area contributed by atoms with Crippen LogP contribution in [0.1, 0.15) is 38.2 Å². The van der Waals surface area contributed by atoms with E-state index in [4.69, 9.17) is 4.74 Å². The van der Waals surface area contributed by atoms with Crippen LogP contribution in [-0.4, -0.2) is 49.6 Å². The van der Waals surface area contributed by atoms with Gasteiger partial charge in [0, 0.05) is 62.5 Å². The van der Waals surface area contributed by atoms with Crippen LogP contribution in [0.15, 0.2) is 54.7 Å². The Morgan fingerprint density at radius 1 is 1.18 bits per heavy atom. The van der Waals surface area contributed by atoms with Crippen LogP contribution in [0.25, 0.3) is 10.9 Å². The van der Waals surface area contributed by atoms with Gasteiger partial charge in [0.15, 0.2) is 0 Å². The number of hydrogen-bond acceptors (Lipinski definition) is 5. The van der Waals surface area contributed by atoms with Gasteiger partial charge in [-0.05, 0) is 62.4 Å². The Bertz CT molecular complexity index is 1110. The average Bonchev–Trinajstić information content (AvgIpc) is 3.69. The quantitative estimate of drug-likeness (QED) is 0.419. The molecule has 0 spiro atoms. The fourth-order valence-corrected chi connectivity index (χ4v) is 4.29. The molecule has 6 nitrogen and oxygen atoms in total. The summed E-state index contributed by atoms with van der Waals surface area (Å²) in [5, 5.41) is 4.67. The number of pyridine rings is 1. The topological polar surface area (TPSA) is 57.7 Å². The summed E-state index contributed by atoms with van der Waals surface area (Å²) >= 11 is 0. The van der Waals surface area contributed by atoms with Crippen LogP contribution in [0.3, 0.4) is 0 Å². The van der Waals surface area contributed by atoms with E-state index in [1.807, 2.05) is 44.6 Å². The van der Waals surface area contributed by atoms with E-state index in [0.717, 1.165) is 54.6 Å². The number of benzene rings is 2. The van der Waals surface area contributed by atoms with Crippen molar-refractivity contribution in [3.8, 4) is 5.75 Å². The predicted molar refractivity (Wildman–Crippen MR) is 140 cm³/mol. The smallest absolute Gasteiger partial charge is 0.225 e. The monoisotopic (exact) mass is 460 g/mol. The highest BCUT2D eigenvalue weighted by Crippen LogP contribution is 2.32. The zero-order chi connectivity index (χ0) is 24.1. The second-order valence-electron chi connectivity index (χ2n) is 9.53. The van der Waals surface area contributed by atoms with Crippen LogP contribution in [0, 0.1) is 5.92 Å². The van der Waals surface area contributed by atoms with Gasteiger partial charge in [-0.2, -0.15) is 0 Å². The van der Waals surface area contributed by atoms with E-state index in [-0.39, 0.29) is 12.0 Å². The highest BCUT2D eigenvalue weighted by Gasteiger charge is 2.33. The van der Waals surface area contributed by atoms with Gasteiger partial charge in [0.1, 0.15) is 5.75 Å². The van der Waals surface area contributed by atoms with Gasteiger partial charge in [-0.25, -0.2) is 0 Å². The molecular formula is C28H36N4O2. The molecule has 1 aromatic heterocycles. The molecule has 1 N–H and O–H groups in total. The van der Waals surface area contributed by atoms with Crippen molar-refractivity contribution in [2.24, 2.45) is 5.92 Å². The second-order valence-corrected chi connectivity index (χ2v) is 9.53. The van der Waals surface area contributed by atoms with Crippen LogP contribution in [0.5, 0.6) is 5.75 Å². The van der Waals surface area contributed by atoms with E-state index >= 15 is 0 Å². The van der Waals surface area contributed by atoms with Crippen molar-refractivity contribution in [3.05, 3.63) is 60.3 Å². The minimum absolute atomic E-state index is 0.228. The maximum absolute atomic E-state index is 12.9. The number of fused-ring (bicyclic) bond motifs is 1. The lowest BCUT2D eigenvalue weighted by Crippen LogP contribution is -2.33. The van der Waals surface area contributed by atoms with Gasteiger partial charge < -0.3 is 19.9 Å². The molecule has 1 heterocycles. The van der Waals surface area contributed by atoms with Crippen LogP contribution in [-0.2, 0) is 11.3 Å². The number of ether oxygens (including phenoxy) is 1. The van der Waals surface area contributed by atoms with E-state index in [2.05, 4.69) is 51.3 Å². The summed E-state index contributed by atoms with van der Waals surface area (Å²) in [7, 11) is 5.76. The number of anilines is 2. The molecule has 1 aliphatic carbocycles. The van der Waals surface area contributed by atoms with Crippen LogP contribution in [0.2, 0.25) is 0 Å². The van der Waals surface area contributed by atoms with Crippen LogP contribution >= 0.6 is 0 Å². The van der Waals surface area contributed by atoms with E-state index < -0.39 is 0 Å². The normalized spacial score (nSPS) is 14.0. The standard InChI is InChI=1S/C28H36N4O2/c1-20(30-26-18-25(34-4)17-23-8-5-15-29-27(23)26)7-6-16-32(28(33)22-11-12-22)19-21-9-13-24(14-10-21)31(2)3/h5,8-10,13-15,17-18,20,22,30H,6-7,11-12,16,19H2,1-4H3. The van der Waals surface area contributed by atoms with Gasteiger partial charge >= 0.3 is 0 Å². The Balaban J connectivity index is 1.37. The van der Waals surface area contributed by atoms with Gasteiger partial charge in [0.25, 0.3) is 0 Å². The maximum Gasteiger partial charge on any atom is 0.225 e. The number of hydrogen-bond donors (Lipinski definition) is 1. The molecule has 1 saturated carbocycles. The van der Waals surface area contributed by atoms with Crippen molar-refractivity contribution in [1.82, 2.24) is 9.88 Å². The number of carbonyl (C=O) groups excluding carboxylic acids is 1. The Morgan fingerprint density at radius 2 is 1.94 bits per heavy atom. The van der Waals surface area contributed by atoms with E-state index in [1.54, 1.807) is 7.11 Å². The molecule has 1 amide bonds. The first kappa shape index (κ1) is 23.9. The summed E-state index contributed by atoms with van der Waals surface area (Å²) in [5.41, 5.74) is 4.28. The first-order chi connectivity index (χ1) is 16.4. The molecule has 180 valence electrons. The maximum atomic E-state index is 12.9. The third-order valence-electron chi connectivity index (χ3n) is 6.45. The lowest BCUT2D eigenvalue weighted by molar-refractivity contribution is -0.133. The summed E-state index contributed by atoms with van der Waals surface area (Å²) in [5.74, 6) is 1.35. The third-order valence-corrected chi connectivity index (χ3v) is 6.45. The summed E-state index contributed by atoms with van der Waals surface area (Å²) in [6.07, 6.45) is 5.78. The van der Waals surface area contributed by atoms with Crippen molar-refractivity contribution in [3.63, 3.8) is 0 Å². The van der Waals surface area contributed by atoms with Crippen molar-refractivity contribution >= 4 is 28.2 Å². The molecule has 3 aromatic rings. The number of aromatic nitrogens is 1. The summed E-state index contributed by atoms with van der Waals surface area (Å²) in [6, 6.07) is 16.7. The fourth-order valence-electron chi connectivity index (χ4n) is 4.29. The van der Waals surface area contributed by atoms with E-state index in [9.17, 15) is 4.79 Å². The molecule has 1 unspecified atom stereocenters. The SMILES string of the molecule is COc1cc(NC(C)CCCN(Cc2ccc(N(C)C)cc2)C(=O)C2CC2)c2ncccc2c1. The van der Waals surface area contributed by atoms with Gasteiger partial charge in [0.2, 0.25) is 5.91 Å². The molecule has 34 heavy (non-hydrogen) atoms. The highest BCUT2D eigenvalue weighted by molar-refractivity contribution is 5.92. The van der Waals surface area contributed by atoms with Gasteiger partial charge in [-0.15, -0.1) is 0 Å². The van der Waals surface area contributed by atoms with Gasteiger partial charge in [-0.3, -0.25) is 9.78 Å². The Kier molecular flexibility index (Phi) is 7.56. The molecule has 0 bridgehead atoms. The van der Waals surface area contributed by atoms with Gasteiger partial charge in [0.05, 0.1) is 18.3 Å². The third kappa shape index (κ3) is 5.99. The zero-order valence-electron chi connectivity index (χ0n) is 20.8. The van der Waals surface area contributed by atoms with Crippen molar-refractivity contribution in [2.75, 3.05) is 38.0 Å². The van der Waals surface area contributed by atoms with Gasteiger partial charge in [-0.1, -0.05) is 18.2 Å². The first-order valence-electron chi connectivity index (χ1n) is 12.2. The molecule has 1 fully saturated rings.